The summed E-state index contributed by atoms with van der Waals surface area (Å²) in [4.78, 5) is 47.5. The van der Waals surface area contributed by atoms with E-state index < -0.39 is 29.1 Å². The number of benzene rings is 2. The minimum absolute atomic E-state index is 0.117. The van der Waals surface area contributed by atoms with E-state index in [2.05, 4.69) is 13.2 Å². The van der Waals surface area contributed by atoms with E-state index in [1.165, 1.54) is 0 Å². The third kappa shape index (κ3) is 4.16. The van der Waals surface area contributed by atoms with E-state index in [9.17, 15) is 19.5 Å². The maximum absolute atomic E-state index is 14.7. The molecule has 8 nitrogen and oxygen atoms in total. The molecule has 2 bridgehead atoms. The molecule has 2 aromatic carbocycles. The largest absolute Gasteiger partial charge is 0.396 e. The number of carbonyl (C=O) groups is 3. The average molecular weight is 546 g/mol. The summed E-state index contributed by atoms with van der Waals surface area (Å²) in [6.45, 7) is 10.3. The summed E-state index contributed by atoms with van der Waals surface area (Å²) < 4.78 is 6.86. The van der Waals surface area contributed by atoms with Crippen molar-refractivity contribution in [3.8, 4) is 0 Å². The number of aliphatic hydroxyl groups excluding tert-OH is 1. The summed E-state index contributed by atoms with van der Waals surface area (Å²) in [6, 6.07) is 12.9. The Morgan fingerprint density at radius 3 is 2.50 bits per heavy atom. The van der Waals surface area contributed by atoms with Crippen molar-refractivity contribution in [3.05, 3.63) is 67.8 Å². The van der Waals surface area contributed by atoms with Crippen LogP contribution in [0.5, 0.6) is 0 Å². The van der Waals surface area contributed by atoms with Crippen molar-refractivity contribution in [2.45, 2.75) is 49.9 Å². The fourth-order valence-electron chi connectivity index (χ4n) is 7.32. The first-order valence-electron chi connectivity index (χ1n) is 14.2. The molecule has 2 aromatic rings. The molecule has 0 aromatic heterocycles. The smallest absolute Gasteiger partial charge is 0.253 e. The Bertz CT molecular complexity index is 1340. The average Bonchev–Trinajstić information content (AvgIpc) is 3.57. The summed E-state index contributed by atoms with van der Waals surface area (Å²) >= 11 is 0. The van der Waals surface area contributed by atoms with Crippen LogP contribution in [0.3, 0.4) is 0 Å². The van der Waals surface area contributed by atoms with E-state index in [4.69, 9.17) is 4.74 Å². The van der Waals surface area contributed by atoms with Gasteiger partial charge in [0, 0.05) is 39.0 Å². The van der Waals surface area contributed by atoms with Crippen molar-refractivity contribution >= 4 is 34.2 Å². The van der Waals surface area contributed by atoms with Crippen molar-refractivity contribution in [3.63, 3.8) is 0 Å². The van der Waals surface area contributed by atoms with Gasteiger partial charge in [-0.05, 0) is 48.6 Å². The highest BCUT2D eigenvalue weighted by molar-refractivity contribution is 6.06. The van der Waals surface area contributed by atoms with E-state index in [0.29, 0.717) is 37.9 Å². The number of anilines is 1. The van der Waals surface area contributed by atoms with E-state index in [-0.39, 0.29) is 37.4 Å². The first-order chi connectivity index (χ1) is 19.3. The molecule has 3 heterocycles. The molecule has 40 heavy (non-hydrogen) atoms. The minimum atomic E-state index is -1.12. The maximum Gasteiger partial charge on any atom is 0.253 e. The van der Waals surface area contributed by atoms with Gasteiger partial charge in [0.05, 0.1) is 17.4 Å². The van der Waals surface area contributed by atoms with Crippen LogP contribution >= 0.6 is 0 Å². The summed E-state index contributed by atoms with van der Waals surface area (Å²) in [5.41, 5.74) is -1.22. The summed E-state index contributed by atoms with van der Waals surface area (Å²) in [5.74, 6) is -2.12. The molecular weight excluding hydrogens is 506 g/mol. The SMILES string of the molecule is C=CCN(C)C(=O)[C@@H]1[C@H]2C(=O)N(CCCO)C(C(=O)N(CC=C)c3ccc4ccccc4c3)C23CC[C@@]1(CC)O3. The molecule has 0 aliphatic carbocycles. The molecule has 1 N–H and O–H groups in total. The number of aliphatic hydroxyl groups is 1. The van der Waals surface area contributed by atoms with E-state index in [1.807, 2.05) is 49.4 Å². The Kier molecular flexibility index (Phi) is 7.59. The summed E-state index contributed by atoms with van der Waals surface area (Å²) in [7, 11) is 1.71. The van der Waals surface area contributed by atoms with E-state index in [0.717, 1.165) is 10.8 Å². The van der Waals surface area contributed by atoms with Crippen LogP contribution in [0, 0.1) is 11.8 Å². The van der Waals surface area contributed by atoms with Crippen LogP contribution in [-0.2, 0) is 19.1 Å². The van der Waals surface area contributed by atoms with Crippen molar-refractivity contribution in [2.24, 2.45) is 11.8 Å². The standard InChI is InChI=1S/C32H39N3O5/c1-5-17-33(4)28(37)25-26-29(38)35(19-10-20-36)27(32(26)16-15-31(25,7-3)40-32)30(39)34(18-6-2)24-14-13-22-11-8-9-12-23(22)21-24/h5-6,8-9,11-14,21,25-27,36H,1-2,7,10,15-20H2,3-4H3/t25-,26-,27?,31+,32?/m0/s1. The fraction of sp³-hybridized carbons (Fsp3) is 0.469. The van der Waals surface area contributed by atoms with Crippen LogP contribution in [0.25, 0.3) is 10.8 Å². The van der Waals surface area contributed by atoms with Gasteiger partial charge < -0.3 is 24.5 Å². The summed E-state index contributed by atoms with van der Waals surface area (Å²) in [6.07, 6.45) is 5.33. The van der Waals surface area contributed by atoms with Crippen LogP contribution in [0.1, 0.15) is 32.6 Å². The van der Waals surface area contributed by atoms with Crippen LogP contribution in [-0.4, -0.2) is 83.2 Å². The first kappa shape index (κ1) is 28.1. The zero-order valence-corrected chi connectivity index (χ0v) is 23.4. The number of nitrogens with zero attached hydrogens (tertiary/aromatic N) is 3. The molecule has 5 rings (SSSR count). The second-order valence-electron chi connectivity index (χ2n) is 11.2. The molecule has 3 amide bonds. The highest BCUT2D eigenvalue weighted by Gasteiger charge is 2.78. The molecule has 0 radical (unpaired) electrons. The highest BCUT2D eigenvalue weighted by Crippen LogP contribution is 2.64. The Hall–Kier alpha value is -3.49. The molecular formula is C32H39N3O5. The molecule has 3 aliphatic rings. The van der Waals surface area contributed by atoms with Gasteiger partial charge in [-0.25, -0.2) is 0 Å². The zero-order chi connectivity index (χ0) is 28.7. The van der Waals surface area contributed by atoms with Gasteiger partial charge in [0.1, 0.15) is 11.6 Å². The van der Waals surface area contributed by atoms with Gasteiger partial charge in [0.25, 0.3) is 5.91 Å². The van der Waals surface area contributed by atoms with Crippen molar-refractivity contribution < 1.29 is 24.2 Å². The lowest BCUT2D eigenvalue weighted by Crippen LogP contribution is -2.56. The number of fused-ring (bicyclic) bond motifs is 2. The Balaban J connectivity index is 1.60. The highest BCUT2D eigenvalue weighted by atomic mass is 16.5. The third-order valence-electron chi connectivity index (χ3n) is 9.14. The number of rotatable bonds is 11. The van der Waals surface area contributed by atoms with Crippen molar-refractivity contribution in [1.82, 2.24) is 9.80 Å². The molecule has 2 unspecified atom stereocenters. The molecule has 3 fully saturated rings. The molecule has 0 saturated carbocycles. The lowest BCUT2D eigenvalue weighted by Gasteiger charge is -2.37. The van der Waals surface area contributed by atoms with Gasteiger partial charge >= 0.3 is 0 Å². The third-order valence-corrected chi connectivity index (χ3v) is 9.14. The fourth-order valence-corrected chi connectivity index (χ4v) is 7.32. The number of hydrogen-bond donors (Lipinski definition) is 1. The van der Waals surface area contributed by atoms with Crippen LogP contribution in [0.4, 0.5) is 5.69 Å². The van der Waals surface area contributed by atoms with Crippen LogP contribution < -0.4 is 4.90 Å². The first-order valence-corrected chi connectivity index (χ1v) is 14.2. The van der Waals surface area contributed by atoms with Gasteiger partial charge in [0.15, 0.2) is 0 Å². The van der Waals surface area contributed by atoms with Gasteiger partial charge in [0.2, 0.25) is 11.8 Å². The lowest BCUT2D eigenvalue weighted by molar-refractivity contribution is -0.150. The second-order valence-corrected chi connectivity index (χ2v) is 11.2. The molecule has 3 saturated heterocycles. The lowest BCUT2D eigenvalue weighted by atomic mass is 9.64. The number of likely N-dealkylation sites (tertiary alicyclic amines) is 1. The predicted molar refractivity (Wildman–Crippen MR) is 155 cm³/mol. The minimum Gasteiger partial charge on any atom is -0.396 e. The topological polar surface area (TPSA) is 90.4 Å². The zero-order valence-electron chi connectivity index (χ0n) is 23.4. The second kappa shape index (κ2) is 10.8. The Labute approximate surface area is 235 Å². The van der Waals surface area contributed by atoms with Crippen molar-refractivity contribution in [2.75, 3.05) is 38.2 Å². The van der Waals surface area contributed by atoms with Gasteiger partial charge in [-0.3, -0.25) is 14.4 Å². The molecule has 212 valence electrons. The normalized spacial score (nSPS) is 28.5. The van der Waals surface area contributed by atoms with Crippen LogP contribution in [0.15, 0.2) is 67.8 Å². The Morgan fingerprint density at radius 2 is 1.82 bits per heavy atom. The van der Waals surface area contributed by atoms with Gasteiger partial charge in [-0.1, -0.05) is 49.4 Å². The molecule has 5 atom stereocenters. The van der Waals surface area contributed by atoms with E-state index in [1.54, 1.807) is 33.9 Å². The number of ether oxygens (including phenoxy) is 1. The van der Waals surface area contributed by atoms with Crippen LogP contribution in [0.2, 0.25) is 0 Å². The van der Waals surface area contributed by atoms with Gasteiger partial charge in [-0.2, -0.15) is 0 Å². The number of likely N-dealkylation sites (N-methyl/N-ethyl adjacent to an activating group) is 1. The number of hydrogen-bond acceptors (Lipinski definition) is 5. The number of carbonyl (C=O) groups excluding carboxylic acids is 3. The monoisotopic (exact) mass is 545 g/mol. The molecule has 1 spiro atoms. The van der Waals surface area contributed by atoms with E-state index >= 15 is 0 Å². The quantitative estimate of drug-likeness (QED) is 0.437. The summed E-state index contributed by atoms with van der Waals surface area (Å²) in [5, 5.41) is 11.7. The van der Waals surface area contributed by atoms with Crippen molar-refractivity contribution in [1.29, 1.82) is 0 Å². The molecule has 3 aliphatic heterocycles. The predicted octanol–water partition coefficient (Wildman–Crippen LogP) is 3.54. The number of amides is 3. The molecule has 8 heteroatoms. The maximum atomic E-state index is 14.7. The van der Waals surface area contributed by atoms with Gasteiger partial charge in [-0.15, -0.1) is 13.2 Å². The Morgan fingerprint density at radius 1 is 1.10 bits per heavy atom.